The van der Waals surface area contributed by atoms with Gasteiger partial charge in [-0.2, -0.15) is 8.42 Å². The van der Waals surface area contributed by atoms with Crippen LogP contribution in [0, 0.1) is 0 Å². The molecule has 0 atom stereocenters. The van der Waals surface area contributed by atoms with E-state index in [0.717, 1.165) is 0 Å². The molecule has 0 saturated heterocycles. The molecular formula is C2H7N5O2S. The summed E-state index contributed by atoms with van der Waals surface area (Å²) in [5.74, 6) is 0. The third-order valence-corrected chi connectivity index (χ3v) is 1.18. The SMILES string of the molecule is [N-]=[N+]=NCCNS(N)(=O)=O. The van der Waals surface area contributed by atoms with Crippen molar-refractivity contribution in [3.63, 3.8) is 0 Å². The summed E-state index contributed by atoms with van der Waals surface area (Å²) in [5, 5.41) is 7.62. The first-order valence-electron chi connectivity index (χ1n) is 2.34. The van der Waals surface area contributed by atoms with E-state index in [1.54, 1.807) is 0 Å². The molecule has 8 heteroatoms. The Morgan fingerprint density at radius 2 is 2.30 bits per heavy atom. The van der Waals surface area contributed by atoms with E-state index >= 15 is 0 Å². The molecule has 0 rings (SSSR count). The zero-order chi connectivity index (χ0) is 8.04. The summed E-state index contributed by atoms with van der Waals surface area (Å²) < 4.78 is 22.2. The number of nitrogens with zero attached hydrogens (tertiary/aromatic N) is 3. The highest BCUT2D eigenvalue weighted by Crippen LogP contribution is 1.70. The fraction of sp³-hybridized carbons (Fsp3) is 1.00. The Labute approximate surface area is 58.0 Å². The number of rotatable bonds is 4. The van der Waals surface area contributed by atoms with Gasteiger partial charge in [0.1, 0.15) is 0 Å². The predicted octanol–water partition coefficient (Wildman–Crippen LogP) is -0.910. The summed E-state index contributed by atoms with van der Waals surface area (Å²) in [4.78, 5) is 2.40. The van der Waals surface area contributed by atoms with E-state index in [1.807, 2.05) is 4.72 Å². The molecule has 10 heavy (non-hydrogen) atoms. The molecule has 0 amide bonds. The van der Waals surface area contributed by atoms with E-state index in [2.05, 4.69) is 15.2 Å². The molecule has 0 aliphatic heterocycles. The highest BCUT2D eigenvalue weighted by atomic mass is 32.2. The molecule has 0 aliphatic rings. The molecule has 58 valence electrons. The summed E-state index contributed by atoms with van der Waals surface area (Å²) in [6, 6.07) is 0. The van der Waals surface area contributed by atoms with Crippen LogP contribution in [-0.2, 0) is 10.2 Å². The minimum Gasteiger partial charge on any atom is -0.216 e. The van der Waals surface area contributed by atoms with Crippen LogP contribution in [0.3, 0.4) is 0 Å². The minimum absolute atomic E-state index is 0.0306. The Hall–Kier alpha value is -0.820. The Bertz CT molecular complexity index is 226. The highest BCUT2D eigenvalue weighted by Gasteiger charge is 1.96. The number of nitrogens with one attached hydrogen (secondary N) is 1. The first-order valence-corrected chi connectivity index (χ1v) is 3.89. The van der Waals surface area contributed by atoms with Crippen LogP contribution < -0.4 is 9.86 Å². The molecule has 0 aliphatic carbocycles. The Morgan fingerprint density at radius 3 is 2.70 bits per heavy atom. The van der Waals surface area contributed by atoms with Crippen LogP contribution in [0.15, 0.2) is 5.11 Å². The summed E-state index contributed by atoms with van der Waals surface area (Å²) in [7, 11) is -3.64. The van der Waals surface area contributed by atoms with Crippen molar-refractivity contribution in [3.8, 4) is 0 Å². The lowest BCUT2D eigenvalue weighted by Gasteiger charge is -1.95. The van der Waals surface area contributed by atoms with E-state index < -0.39 is 10.2 Å². The van der Waals surface area contributed by atoms with Crippen LogP contribution in [0.4, 0.5) is 0 Å². The van der Waals surface area contributed by atoms with Crippen molar-refractivity contribution in [2.45, 2.75) is 0 Å². The van der Waals surface area contributed by atoms with Gasteiger partial charge in [-0.25, -0.2) is 9.86 Å². The standard InChI is InChI=1S/C2H7N5O2S/c3-7-5-1-2-6-10(4,8)9/h6H,1-2H2,(H2,4,8,9). The predicted molar refractivity (Wildman–Crippen MR) is 35.1 cm³/mol. The summed E-state index contributed by atoms with van der Waals surface area (Å²) in [5.41, 5.74) is 7.75. The van der Waals surface area contributed by atoms with Gasteiger partial charge in [-0.15, -0.1) is 0 Å². The van der Waals surface area contributed by atoms with Crippen LogP contribution in [-0.4, -0.2) is 21.5 Å². The molecular weight excluding hydrogens is 158 g/mol. The fourth-order valence-corrected chi connectivity index (χ4v) is 0.658. The van der Waals surface area contributed by atoms with E-state index in [4.69, 9.17) is 5.53 Å². The van der Waals surface area contributed by atoms with E-state index in [9.17, 15) is 8.42 Å². The molecule has 7 nitrogen and oxygen atoms in total. The van der Waals surface area contributed by atoms with E-state index in [-0.39, 0.29) is 13.1 Å². The van der Waals surface area contributed by atoms with E-state index in [1.165, 1.54) is 0 Å². The van der Waals surface area contributed by atoms with Crippen LogP contribution in [0.2, 0.25) is 0 Å². The maximum absolute atomic E-state index is 10.1. The lowest BCUT2D eigenvalue weighted by Crippen LogP contribution is -2.32. The lowest BCUT2D eigenvalue weighted by atomic mass is 10.7. The molecule has 0 saturated carbocycles. The Balaban J connectivity index is 3.48. The van der Waals surface area contributed by atoms with Gasteiger partial charge in [0.15, 0.2) is 0 Å². The van der Waals surface area contributed by atoms with E-state index in [0.29, 0.717) is 0 Å². The molecule has 3 N–H and O–H groups in total. The second kappa shape index (κ2) is 4.07. The number of hydrogen-bond acceptors (Lipinski definition) is 3. The van der Waals surface area contributed by atoms with Crippen LogP contribution in [0.25, 0.3) is 10.4 Å². The summed E-state index contributed by atoms with van der Waals surface area (Å²) in [6.07, 6.45) is 0. The summed E-state index contributed by atoms with van der Waals surface area (Å²) in [6.45, 7) is 0.0931. The quantitative estimate of drug-likeness (QED) is 0.242. The number of hydrogen-bond donors (Lipinski definition) is 2. The normalized spacial score (nSPS) is 10.5. The molecule has 0 fully saturated rings. The molecule has 0 heterocycles. The van der Waals surface area contributed by atoms with Crippen LogP contribution in [0.5, 0.6) is 0 Å². The van der Waals surface area contributed by atoms with Crippen molar-refractivity contribution in [3.05, 3.63) is 10.4 Å². The van der Waals surface area contributed by atoms with Crippen LogP contribution in [0.1, 0.15) is 0 Å². The van der Waals surface area contributed by atoms with Crippen molar-refractivity contribution in [1.82, 2.24) is 4.72 Å². The molecule has 0 spiro atoms. The monoisotopic (exact) mass is 165 g/mol. The van der Waals surface area contributed by atoms with Gasteiger partial charge in [0.05, 0.1) is 0 Å². The maximum atomic E-state index is 10.1. The van der Waals surface area contributed by atoms with Gasteiger partial charge in [-0.3, -0.25) is 0 Å². The van der Waals surface area contributed by atoms with Gasteiger partial charge < -0.3 is 0 Å². The van der Waals surface area contributed by atoms with Crippen molar-refractivity contribution in [2.24, 2.45) is 10.3 Å². The topological polar surface area (TPSA) is 121 Å². The Kier molecular flexibility index (Phi) is 3.74. The Morgan fingerprint density at radius 1 is 1.70 bits per heavy atom. The van der Waals surface area contributed by atoms with Crippen molar-refractivity contribution in [1.29, 1.82) is 0 Å². The molecule has 0 radical (unpaired) electrons. The zero-order valence-corrected chi connectivity index (χ0v) is 5.87. The maximum Gasteiger partial charge on any atom is 0.274 e. The third kappa shape index (κ3) is 7.18. The fourth-order valence-electron chi connectivity index (χ4n) is 0.283. The molecule has 0 unspecified atom stereocenters. The third-order valence-electron chi connectivity index (χ3n) is 0.578. The van der Waals surface area contributed by atoms with Gasteiger partial charge in [0, 0.05) is 18.0 Å². The van der Waals surface area contributed by atoms with Gasteiger partial charge in [-0.1, -0.05) is 5.11 Å². The van der Waals surface area contributed by atoms with Gasteiger partial charge in [0.2, 0.25) is 0 Å². The molecule has 0 aromatic carbocycles. The van der Waals surface area contributed by atoms with Gasteiger partial charge in [-0.05, 0) is 5.53 Å². The highest BCUT2D eigenvalue weighted by molar-refractivity contribution is 7.87. The average molecular weight is 165 g/mol. The smallest absolute Gasteiger partial charge is 0.216 e. The van der Waals surface area contributed by atoms with Crippen molar-refractivity contribution in [2.75, 3.05) is 13.1 Å². The van der Waals surface area contributed by atoms with Crippen molar-refractivity contribution >= 4 is 10.2 Å². The van der Waals surface area contributed by atoms with Crippen LogP contribution >= 0.6 is 0 Å². The zero-order valence-electron chi connectivity index (χ0n) is 5.06. The second-order valence-electron chi connectivity index (χ2n) is 1.39. The largest absolute Gasteiger partial charge is 0.274 e. The molecule has 0 aromatic rings. The molecule has 0 aromatic heterocycles. The average Bonchev–Trinajstić information content (AvgIpc) is 1.78. The summed E-state index contributed by atoms with van der Waals surface area (Å²) >= 11 is 0. The first kappa shape index (κ1) is 9.18. The minimum atomic E-state index is -3.64. The first-order chi connectivity index (χ1) is 4.56. The van der Waals surface area contributed by atoms with Crippen molar-refractivity contribution < 1.29 is 8.42 Å². The van der Waals surface area contributed by atoms with Gasteiger partial charge >= 0.3 is 0 Å². The number of azide groups is 1. The molecule has 0 bridgehead atoms. The number of nitrogens with two attached hydrogens (primary N) is 1. The lowest BCUT2D eigenvalue weighted by molar-refractivity contribution is 0.584. The van der Waals surface area contributed by atoms with Gasteiger partial charge in [0.25, 0.3) is 10.2 Å². The second-order valence-corrected chi connectivity index (χ2v) is 2.77.